The molecule has 0 saturated heterocycles. The number of hydrogen-bond acceptors (Lipinski definition) is 4. The molecule has 0 spiro atoms. The quantitative estimate of drug-likeness (QED) is 0.783. The van der Waals surface area contributed by atoms with Gasteiger partial charge in [-0.25, -0.2) is 12.8 Å². The van der Waals surface area contributed by atoms with Gasteiger partial charge in [0.1, 0.15) is 5.75 Å². The van der Waals surface area contributed by atoms with Gasteiger partial charge in [-0.05, 0) is 6.07 Å². The van der Waals surface area contributed by atoms with Crippen LogP contribution in [0.25, 0.3) is 0 Å². The second-order valence-electron chi connectivity index (χ2n) is 2.99. The van der Waals surface area contributed by atoms with Crippen LogP contribution in [0.4, 0.5) is 4.39 Å². The van der Waals surface area contributed by atoms with E-state index in [9.17, 15) is 12.8 Å². The number of ether oxygens (including phenoxy) is 2. The summed E-state index contributed by atoms with van der Waals surface area (Å²) in [6, 6.07) is 2.58. The molecule has 1 aromatic carbocycles. The van der Waals surface area contributed by atoms with Crippen molar-refractivity contribution < 1.29 is 22.3 Å². The maximum Gasteiger partial charge on any atom is 0.236 e. The zero-order valence-corrected chi connectivity index (χ0v) is 10.2. The predicted octanol–water partition coefficient (Wildman–Crippen LogP) is 1.91. The van der Waals surface area contributed by atoms with Gasteiger partial charge in [0.15, 0.2) is 11.6 Å². The lowest BCUT2D eigenvalue weighted by molar-refractivity contribution is 0.372. The Balaban J connectivity index is 3.26. The third-order valence-corrected chi connectivity index (χ3v) is 2.85. The molecule has 0 N–H and O–H groups in total. The Morgan fingerprint density at radius 2 is 1.94 bits per heavy atom. The normalized spacial score (nSPS) is 11.2. The average molecular weight is 269 g/mol. The Labute approximate surface area is 97.4 Å². The average Bonchev–Trinajstić information content (AvgIpc) is 2.19. The fourth-order valence-electron chi connectivity index (χ4n) is 1.18. The van der Waals surface area contributed by atoms with Gasteiger partial charge in [-0.1, -0.05) is 0 Å². The SMILES string of the molecule is COc1cc(CS(=O)(=O)Cl)c(F)c(OC)c1. The minimum Gasteiger partial charge on any atom is -0.497 e. The number of methoxy groups -OCH3 is 2. The van der Waals surface area contributed by atoms with Crippen LogP contribution in [0, 0.1) is 5.82 Å². The van der Waals surface area contributed by atoms with Gasteiger partial charge >= 0.3 is 0 Å². The molecule has 7 heteroatoms. The van der Waals surface area contributed by atoms with E-state index in [1.165, 1.54) is 26.4 Å². The Hall–Kier alpha value is -1.01. The summed E-state index contributed by atoms with van der Waals surface area (Å²) in [5.74, 6) is -1.16. The molecule has 0 aliphatic rings. The summed E-state index contributed by atoms with van der Waals surface area (Å²) in [7, 11) is 3.88. The van der Waals surface area contributed by atoms with Crippen LogP contribution < -0.4 is 9.47 Å². The van der Waals surface area contributed by atoms with Crippen LogP contribution in [0.15, 0.2) is 12.1 Å². The van der Waals surface area contributed by atoms with Crippen molar-refractivity contribution >= 4 is 19.7 Å². The van der Waals surface area contributed by atoms with Crippen molar-refractivity contribution in [3.05, 3.63) is 23.5 Å². The van der Waals surface area contributed by atoms with Gasteiger partial charge in [-0.2, -0.15) is 0 Å². The maximum atomic E-state index is 13.6. The Morgan fingerprint density at radius 1 is 1.31 bits per heavy atom. The van der Waals surface area contributed by atoms with E-state index in [-0.39, 0.29) is 11.3 Å². The van der Waals surface area contributed by atoms with Crippen molar-refractivity contribution in [3.8, 4) is 11.5 Å². The molecule has 1 rings (SSSR count). The van der Waals surface area contributed by atoms with Crippen molar-refractivity contribution in [3.63, 3.8) is 0 Å². The van der Waals surface area contributed by atoms with Gasteiger partial charge in [0.25, 0.3) is 0 Å². The molecule has 0 aliphatic carbocycles. The highest BCUT2D eigenvalue weighted by atomic mass is 35.7. The summed E-state index contributed by atoms with van der Waals surface area (Å²) in [6.07, 6.45) is 0. The first kappa shape index (κ1) is 13.1. The van der Waals surface area contributed by atoms with Crippen molar-refractivity contribution in [2.45, 2.75) is 5.75 Å². The lowest BCUT2D eigenvalue weighted by atomic mass is 10.2. The van der Waals surface area contributed by atoms with E-state index < -0.39 is 20.6 Å². The van der Waals surface area contributed by atoms with Crippen LogP contribution in [0.1, 0.15) is 5.56 Å². The summed E-state index contributed by atoms with van der Waals surface area (Å²) in [4.78, 5) is 0. The molecule has 0 unspecified atom stereocenters. The van der Waals surface area contributed by atoms with Crippen LogP contribution in [0.5, 0.6) is 11.5 Å². The van der Waals surface area contributed by atoms with Gasteiger partial charge in [0, 0.05) is 22.3 Å². The van der Waals surface area contributed by atoms with Gasteiger partial charge in [-0.3, -0.25) is 0 Å². The smallest absolute Gasteiger partial charge is 0.236 e. The lowest BCUT2D eigenvalue weighted by Crippen LogP contribution is -2.01. The van der Waals surface area contributed by atoms with E-state index in [0.717, 1.165) is 0 Å². The van der Waals surface area contributed by atoms with E-state index >= 15 is 0 Å². The highest BCUT2D eigenvalue weighted by molar-refractivity contribution is 8.13. The van der Waals surface area contributed by atoms with E-state index in [4.69, 9.17) is 20.2 Å². The van der Waals surface area contributed by atoms with E-state index in [1.807, 2.05) is 0 Å². The van der Waals surface area contributed by atoms with Gasteiger partial charge in [-0.15, -0.1) is 0 Å². The highest BCUT2D eigenvalue weighted by Crippen LogP contribution is 2.28. The Bertz CT molecular complexity index is 487. The van der Waals surface area contributed by atoms with Crippen LogP contribution in [0.3, 0.4) is 0 Å². The molecule has 0 radical (unpaired) electrons. The van der Waals surface area contributed by atoms with Crippen LogP contribution in [-0.2, 0) is 14.8 Å². The molecule has 90 valence electrons. The Kier molecular flexibility index (Phi) is 3.98. The van der Waals surface area contributed by atoms with Crippen LogP contribution in [0.2, 0.25) is 0 Å². The van der Waals surface area contributed by atoms with Gasteiger partial charge < -0.3 is 9.47 Å². The van der Waals surface area contributed by atoms with Crippen molar-refractivity contribution in [2.24, 2.45) is 0 Å². The molecule has 0 aliphatic heterocycles. The predicted molar refractivity (Wildman–Crippen MR) is 58.0 cm³/mol. The first-order valence-corrected chi connectivity index (χ1v) is 6.68. The number of halogens is 2. The second kappa shape index (κ2) is 4.88. The molecule has 0 fully saturated rings. The summed E-state index contributed by atoms with van der Waals surface area (Å²) >= 11 is 0. The zero-order chi connectivity index (χ0) is 12.3. The van der Waals surface area contributed by atoms with Gasteiger partial charge in [0.05, 0.1) is 20.0 Å². The lowest BCUT2D eigenvalue weighted by Gasteiger charge is -2.09. The molecular formula is C9H10ClFO4S. The van der Waals surface area contributed by atoms with E-state index in [0.29, 0.717) is 5.75 Å². The topological polar surface area (TPSA) is 52.6 Å². The third kappa shape index (κ3) is 3.24. The highest BCUT2D eigenvalue weighted by Gasteiger charge is 2.17. The number of rotatable bonds is 4. The molecule has 0 atom stereocenters. The standard InChI is InChI=1S/C9H10ClFO4S/c1-14-7-3-6(5-16(10,12)13)9(11)8(4-7)15-2/h3-4H,5H2,1-2H3. The maximum absolute atomic E-state index is 13.6. The summed E-state index contributed by atoms with van der Waals surface area (Å²) in [5.41, 5.74) is -0.0915. The first-order valence-electron chi connectivity index (χ1n) is 4.20. The molecule has 0 aromatic heterocycles. The molecule has 0 saturated carbocycles. The minimum absolute atomic E-state index is 0.0883. The summed E-state index contributed by atoms with van der Waals surface area (Å²) in [6.45, 7) is 0. The van der Waals surface area contributed by atoms with Crippen molar-refractivity contribution in [1.82, 2.24) is 0 Å². The molecule has 1 aromatic rings. The molecule has 0 heterocycles. The Morgan fingerprint density at radius 3 is 2.38 bits per heavy atom. The van der Waals surface area contributed by atoms with E-state index in [1.54, 1.807) is 0 Å². The van der Waals surface area contributed by atoms with Crippen molar-refractivity contribution in [2.75, 3.05) is 14.2 Å². The zero-order valence-electron chi connectivity index (χ0n) is 8.66. The fourth-order valence-corrected chi connectivity index (χ4v) is 2.12. The monoisotopic (exact) mass is 268 g/mol. The van der Waals surface area contributed by atoms with Crippen LogP contribution >= 0.6 is 10.7 Å². The molecule has 0 bridgehead atoms. The molecule has 0 amide bonds. The van der Waals surface area contributed by atoms with Crippen LogP contribution in [-0.4, -0.2) is 22.6 Å². The fraction of sp³-hybridized carbons (Fsp3) is 0.333. The minimum atomic E-state index is -3.83. The molecule has 4 nitrogen and oxygen atoms in total. The van der Waals surface area contributed by atoms with E-state index in [2.05, 4.69) is 0 Å². The molecular weight excluding hydrogens is 259 g/mol. The van der Waals surface area contributed by atoms with Gasteiger partial charge in [0.2, 0.25) is 9.05 Å². The largest absolute Gasteiger partial charge is 0.497 e. The summed E-state index contributed by atoms with van der Waals surface area (Å²) < 4.78 is 45.0. The first-order chi connectivity index (χ1) is 7.37. The summed E-state index contributed by atoms with van der Waals surface area (Å²) in [5, 5.41) is 0. The third-order valence-electron chi connectivity index (χ3n) is 1.87. The number of benzene rings is 1. The second-order valence-corrected chi connectivity index (χ2v) is 5.76. The molecule has 16 heavy (non-hydrogen) atoms. The number of hydrogen-bond donors (Lipinski definition) is 0. The van der Waals surface area contributed by atoms with Crippen molar-refractivity contribution in [1.29, 1.82) is 0 Å².